The average molecular weight is 284 g/mol. The summed E-state index contributed by atoms with van der Waals surface area (Å²) < 4.78 is 0. The molecule has 3 heteroatoms. The number of benzene rings is 1. The van der Waals surface area contributed by atoms with E-state index in [1.165, 1.54) is 0 Å². The molecule has 0 heterocycles. The van der Waals surface area contributed by atoms with Crippen molar-refractivity contribution in [2.45, 2.75) is 53.0 Å². The van der Waals surface area contributed by atoms with E-state index in [2.05, 4.69) is 19.2 Å². The standard InChI is InChI=1S/C14H20ClNO.C2H6/c1-10(2)16-9-8-14(11(3)17)12-4-6-13(15)7-5-12;1-2/h4-7,10,14,16H,8-9H2,1-3H3;1-2H3/t14-;/m0./s1. The van der Waals surface area contributed by atoms with Crippen LogP contribution in [0.15, 0.2) is 24.3 Å². The van der Waals surface area contributed by atoms with Gasteiger partial charge in [-0.05, 0) is 37.6 Å². The van der Waals surface area contributed by atoms with Crippen LogP contribution in [0.2, 0.25) is 5.02 Å². The molecule has 0 spiro atoms. The number of halogens is 1. The zero-order valence-electron chi connectivity index (χ0n) is 12.7. The van der Waals surface area contributed by atoms with Crippen LogP contribution in [0.4, 0.5) is 0 Å². The topological polar surface area (TPSA) is 29.1 Å². The average Bonchev–Trinajstić information content (AvgIpc) is 2.38. The van der Waals surface area contributed by atoms with Gasteiger partial charge in [-0.1, -0.05) is 51.4 Å². The van der Waals surface area contributed by atoms with Crippen molar-refractivity contribution in [1.82, 2.24) is 5.32 Å². The van der Waals surface area contributed by atoms with Crippen molar-refractivity contribution in [3.8, 4) is 0 Å². The lowest BCUT2D eigenvalue weighted by molar-refractivity contribution is -0.118. The van der Waals surface area contributed by atoms with E-state index in [9.17, 15) is 4.79 Å². The third-order valence-electron chi connectivity index (χ3n) is 2.75. The zero-order valence-corrected chi connectivity index (χ0v) is 13.4. The number of hydrogen-bond donors (Lipinski definition) is 1. The Morgan fingerprint density at radius 2 is 1.74 bits per heavy atom. The van der Waals surface area contributed by atoms with Crippen molar-refractivity contribution >= 4 is 17.4 Å². The monoisotopic (exact) mass is 283 g/mol. The second-order valence-electron chi connectivity index (χ2n) is 4.61. The molecular weight excluding hydrogens is 258 g/mol. The second-order valence-corrected chi connectivity index (χ2v) is 5.05. The van der Waals surface area contributed by atoms with Gasteiger partial charge in [0, 0.05) is 17.0 Å². The maximum atomic E-state index is 11.6. The molecule has 0 unspecified atom stereocenters. The molecule has 0 aliphatic carbocycles. The molecule has 0 amide bonds. The Bertz CT molecular complexity index is 360. The molecule has 108 valence electrons. The summed E-state index contributed by atoms with van der Waals surface area (Å²) in [7, 11) is 0. The largest absolute Gasteiger partial charge is 0.314 e. The quantitative estimate of drug-likeness (QED) is 0.837. The van der Waals surface area contributed by atoms with Gasteiger partial charge in [0.2, 0.25) is 0 Å². The first-order chi connectivity index (χ1) is 9.00. The fourth-order valence-electron chi connectivity index (χ4n) is 1.82. The summed E-state index contributed by atoms with van der Waals surface area (Å²) in [6.07, 6.45) is 0.829. The van der Waals surface area contributed by atoms with Gasteiger partial charge in [0.15, 0.2) is 0 Å². The normalized spacial score (nSPS) is 11.7. The van der Waals surface area contributed by atoms with E-state index >= 15 is 0 Å². The number of carbonyl (C=O) groups is 1. The van der Waals surface area contributed by atoms with E-state index in [0.717, 1.165) is 18.5 Å². The lowest BCUT2D eigenvalue weighted by Crippen LogP contribution is -2.26. The molecule has 0 fully saturated rings. The molecule has 2 nitrogen and oxygen atoms in total. The summed E-state index contributed by atoms with van der Waals surface area (Å²) in [5.41, 5.74) is 1.05. The first-order valence-corrected chi connectivity index (χ1v) is 7.37. The molecule has 0 radical (unpaired) electrons. The van der Waals surface area contributed by atoms with Crippen LogP contribution >= 0.6 is 11.6 Å². The van der Waals surface area contributed by atoms with E-state index in [4.69, 9.17) is 11.6 Å². The number of Topliss-reactive ketones (excluding diaryl/α,β-unsaturated/α-hetero) is 1. The van der Waals surface area contributed by atoms with Crippen LogP contribution in [0, 0.1) is 0 Å². The lowest BCUT2D eigenvalue weighted by atomic mass is 9.92. The minimum Gasteiger partial charge on any atom is -0.314 e. The molecule has 1 aromatic carbocycles. The first kappa shape index (κ1) is 18.1. The van der Waals surface area contributed by atoms with Crippen molar-refractivity contribution in [3.63, 3.8) is 0 Å². The predicted octanol–water partition coefficient (Wildman–Crippen LogP) is 4.43. The molecule has 1 aromatic rings. The summed E-state index contributed by atoms with van der Waals surface area (Å²) >= 11 is 5.84. The highest BCUT2D eigenvalue weighted by Crippen LogP contribution is 2.22. The highest BCUT2D eigenvalue weighted by molar-refractivity contribution is 6.30. The van der Waals surface area contributed by atoms with Crippen molar-refractivity contribution in [3.05, 3.63) is 34.9 Å². The smallest absolute Gasteiger partial charge is 0.137 e. The molecule has 0 saturated heterocycles. The van der Waals surface area contributed by atoms with Crippen molar-refractivity contribution in [1.29, 1.82) is 0 Å². The van der Waals surface area contributed by atoms with E-state index in [0.29, 0.717) is 11.1 Å². The second kappa shape index (κ2) is 9.99. The molecule has 0 aromatic heterocycles. The van der Waals surface area contributed by atoms with Gasteiger partial charge < -0.3 is 5.32 Å². The van der Waals surface area contributed by atoms with Crippen LogP contribution in [0.1, 0.15) is 52.5 Å². The Kier molecular flexibility index (Phi) is 9.54. The van der Waals surface area contributed by atoms with Gasteiger partial charge in [-0.2, -0.15) is 0 Å². The minimum absolute atomic E-state index is 0.0292. The van der Waals surface area contributed by atoms with Gasteiger partial charge in [-0.15, -0.1) is 0 Å². The Balaban J connectivity index is 0.00000154. The Hall–Kier alpha value is -0.860. The van der Waals surface area contributed by atoms with E-state index < -0.39 is 0 Å². The highest BCUT2D eigenvalue weighted by Gasteiger charge is 2.16. The van der Waals surface area contributed by atoms with Gasteiger partial charge in [-0.3, -0.25) is 4.79 Å². The summed E-state index contributed by atoms with van der Waals surface area (Å²) in [5.74, 6) is 0.177. The van der Waals surface area contributed by atoms with E-state index in [1.54, 1.807) is 6.92 Å². The van der Waals surface area contributed by atoms with Crippen LogP contribution in [0.5, 0.6) is 0 Å². The fourth-order valence-corrected chi connectivity index (χ4v) is 1.94. The molecule has 1 atom stereocenters. The van der Waals surface area contributed by atoms with Gasteiger partial charge in [0.1, 0.15) is 5.78 Å². The maximum Gasteiger partial charge on any atom is 0.137 e. The minimum atomic E-state index is -0.0292. The van der Waals surface area contributed by atoms with E-state index in [-0.39, 0.29) is 11.7 Å². The molecular formula is C16H26ClNO. The van der Waals surface area contributed by atoms with Crippen LogP contribution < -0.4 is 5.32 Å². The highest BCUT2D eigenvalue weighted by atomic mass is 35.5. The Labute approximate surface area is 122 Å². The first-order valence-electron chi connectivity index (χ1n) is 7.00. The van der Waals surface area contributed by atoms with Gasteiger partial charge in [-0.25, -0.2) is 0 Å². The molecule has 19 heavy (non-hydrogen) atoms. The molecule has 0 aliphatic heterocycles. The summed E-state index contributed by atoms with van der Waals surface area (Å²) in [6, 6.07) is 7.99. The van der Waals surface area contributed by atoms with E-state index in [1.807, 2.05) is 38.1 Å². The summed E-state index contributed by atoms with van der Waals surface area (Å²) in [6.45, 7) is 10.7. The van der Waals surface area contributed by atoms with Crippen LogP contribution in [-0.4, -0.2) is 18.4 Å². The molecule has 1 rings (SSSR count). The SMILES string of the molecule is CC.CC(=O)[C@H](CCNC(C)C)c1ccc(Cl)cc1. The Morgan fingerprint density at radius 1 is 1.21 bits per heavy atom. The van der Waals surface area contributed by atoms with Crippen molar-refractivity contribution in [2.24, 2.45) is 0 Å². The number of carbonyl (C=O) groups excluding carboxylic acids is 1. The van der Waals surface area contributed by atoms with Crippen molar-refractivity contribution < 1.29 is 4.79 Å². The third kappa shape index (κ3) is 7.34. The van der Waals surface area contributed by atoms with Crippen LogP contribution in [-0.2, 0) is 4.79 Å². The Morgan fingerprint density at radius 3 is 2.16 bits per heavy atom. The van der Waals surface area contributed by atoms with Crippen molar-refractivity contribution in [2.75, 3.05) is 6.54 Å². The zero-order chi connectivity index (χ0) is 14.8. The molecule has 0 bridgehead atoms. The van der Waals surface area contributed by atoms with Gasteiger partial charge in [0.25, 0.3) is 0 Å². The fraction of sp³-hybridized carbons (Fsp3) is 0.562. The third-order valence-corrected chi connectivity index (χ3v) is 3.00. The summed E-state index contributed by atoms with van der Waals surface area (Å²) in [4.78, 5) is 11.6. The van der Waals surface area contributed by atoms with Crippen LogP contribution in [0.3, 0.4) is 0 Å². The predicted molar refractivity (Wildman–Crippen MR) is 84.0 cm³/mol. The maximum absolute atomic E-state index is 11.6. The molecule has 0 saturated carbocycles. The lowest BCUT2D eigenvalue weighted by Gasteiger charge is -2.16. The number of ketones is 1. The van der Waals surface area contributed by atoms with Gasteiger partial charge >= 0.3 is 0 Å². The van der Waals surface area contributed by atoms with Gasteiger partial charge in [0.05, 0.1) is 0 Å². The van der Waals surface area contributed by atoms with Crippen LogP contribution in [0.25, 0.3) is 0 Å². The summed E-state index contributed by atoms with van der Waals surface area (Å²) in [5, 5.41) is 4.04. The molecule has 0 aliphatic rings. The number of hydrogen-bond acceptors (Lipinski definition) is 2. The molecule has 1 N–H and O–H groups in total. The number of rotatable bonds is 6. The number of nitrogens with one attached hydrogen (secondary N) is 1.